The molecular formula is C11H16O8. The Labute approximate surface area is 109 Å². The number of hydrogen-bond donors (Lipinski definition) is 2. The minimum Gasteiger partial charge on any atom is -0.477 e. The summed E-state index contributed by atoms with van der Waals surface area (Å²) in [5, 5.41) is 17.9. The van der Waals surface area contributed by atoms with Gasteiger partial charge in [0.05, 0.1) is 31.8 Å². The average Bonchev–Trinajstić information content (AvgIpc) is 2.37. The van der Waals surface area contributed by atoms with Crippen molar-refractivity contribution in [1.82, 2.24) is 0 Å². The quantitative estimate of drug-likeness (QED) is 0.705. The van der Waals surface area contributed by atoms with Gasteiger partial charge in [0.25, 0.3) is 11.6 Å². The minimum absolute atomic E-state index is 0.0610. The van der Waals surface area contributed by atoms with Gasteiger partial charge in [0.15, 0.2) is 0 Å². The third-order valence-corrected chi connectivity index (χ3v) is 3.39. The van der Waals surface area contributed by atoms with Gasteiger partial charge in [-0.25, -0.2) is 9.59 Å². The van der Waals surface area contributed by atoms with Crippen LogP contribution in [0.15, 0.2) is 0 Å². The molecule has 2 saturated heterocycles. The average molecular weight is 276 g/mol. The lowest BCUT2D eigenvalue weighted by Crippen LogP contribution is -2.60. The SMILES string of the molecule is CC1(C(=O)O)OCC2(CO1)COC(C)(C(=O)O)OC2. The highest BCUT2D eigenvalue weighted by Gasteiger charge is 2.52. The standard InChI is InChI=1S/C11H16O8/c1-9(7(12)13)16-3-11(4-17-9)5-18-10(2,8(14)15)19-6-11/h3-6H2,1-2H3,(H,12,13)(H,14,15). The second-order valence-corrected chi connectivity index (χ2v) is 5.16. The Morgan fingerprint density at radius 3 is 1.26 bits per heavy atom. The van der Waals surface area contributed by atoms with E-state index in [4.69, 9.17) is 29.2 Å². The second kappa shape index (κ2) is 4.41. The summed E-state index contributed by atoms with van der Waals surface area (Å²) in [6.45, 7) is 2.87. The Hall–Kier alpha value is -1.22. The van der Waals surface area contributed by atoms with E-state index >= 15 is 0 Å². The van der Waals surface area contributed by atoms with Crippen LogP contribution < -0.4 is 0 Å². The van der Waals surface area contributed by atoms with Crippen LogP contribution in [0.3, 0.4) is 0 Å². The lowest BCUT2D eigenvalue weighted by Gasteiger charge is -2.47. The molecule has 0 saturated carbocycles. The first-order valence-corrected chi connectivity index (χ1v) is 5.74. The van der Waals surface area contributed by atoms with E-state index in [9.17, 15) is 9.59 Å². The molecule has 108 valence electrons. The van der Waals surface area contributed by atoms with Crippen molar-refractivity contribution < 1.29 is 38.7 Å². The number of ether oxygens (including phenoxy) is 4. The molecule has 2 fully saturated rings. The molecule has 2 aliphatic heterocycles. The maximum atomic E-state index is 10.9. The Bertz CT molecular complexity index is 346. The van der Waals surface area contributed by atoms with Crippen molar-refractivity contribution in [2.24, 2.45) is 5.41 Å². The Morgan fingerprint density at radius 1 is 0.789 bits per heavy atom. The maximum Gasteiger partial charge on any atom is 0.364 e. The van der Waals surface area contributed by atoms with Crippen LogP contribution in [-0.2, 0) is 28.5 Å². The molecule has 2 aliphatic rings. The predicted octanol–water partition coefficient (Wildman–Crippen LogP) is -0.332. The van der Waals surface area contributed by atoms with Crippen molar-refractivity contribution in [2.45, 2.75) is 25.4 Å². The summed E-state index contributed by atoms with van der Waals surface area (Å²) >= 11 is 0. The summed E-state index contributed by atoms with van der Waals surface area (Å²) in [6, 6.07) is 0. The largest absolute Gasteiger partial charge is 0.477 e. The zero-order chi connectivity index (χ0) is 14.3. The van der Waals surface area contributed by atoms with E-state index in [-0.39, 0.29) is 26.4 Å². The monoisotopic (exact) mass is 276 g/mol. The number of carbonyl (C=O) groups is 2. The van der Waals surface area contributed by atoms with Crippen molar-refractivity contribution in [3.05, 3.63) is 0 Å². The van der Waals surface area contributed by atoms with Crippen LogP contribution in [-0.4, -0.2) is 60.2 Å². The normalized spacial score (nSPS) is 43.1. The highest BCUT2D eigenvalue weighted by Crippen LogP contribution is 2.36. The maximum absolute atomic E-state index is 10.9. The van der Waals surface area contributed by atoms with Gasteiger partial charge in [-0.1, -0.05) is 0 Å². The second-order valence-electron chi connectivity index (χ2n) is 5.16. The Morgan fingerprint density at radius 2 is 1.05 bits per heavy atom. The van der Waals surface area contributed by atoms with E-state index in [0.29, 0.717) is 0 Å². The van der Waals surface area contributed by atoms with E-state index in [1.54, 1.807) is 0 Å². The van der Waals surface area contributed by atoms with E-state index in [1.807, 2.05) is 0 Å². The molecule has 0 aromatic heterocycles. The fourth-order valence-corrected chi connectivity index (χ4v) is 1.74. The van der Waals surface area contributed by atoms with Crippen LogP contribution >= 0.6 is 0 Å². The van der Waals surface area contributed by atoms with Crippen LogP contribution in [0.1, 0.15) is 13.8 Å². The van der Waals surface area contributed by atoms with Gasteiger partial charge in [-0.3, -0.25) is 0 Å². The van der Waals surface area contributed by atoms with Crippen LogP contribution in [0.4, 0.5) is 0 Å². The van der Waals surface area contributed by atoms with Crippen LogP contribution in [0.5, 0.6) is 0 Å². The van der Waals surface area contributed by atoms with Crippen molar-refractivity contribution >= 4 is 11.9 Å². The highest BCUT2D eigenvalue weighted by molar-refractivity contribution is 5.75. The van der Waals surface area contributed by atoms with E-state index in [0.717, 1.165) is 0 Å². The molecule has 0 amide bonds. The molecule has 0 atom stereocenters. The first kappa shape index (κ1) is 14.2. The zero-order valence-corrected chi connectivity index (χ0v) is 10.7. The third kappa shape index (κ3) is 2.44. The van der Waals surface area contributed by atoms with E-state index in [2.05, 4.69) is 0 Å². The van der Waals surface area contributed by atoms with Crippen molar-refractivity contribution in [1.29, 1.82) is 0 Å². The van der Waals surface area contributed by atoms with Crippen molar-refractivity contribution in [3.8, 4) is 0 Å². The third-order valence-electron chi connectivity index (χ3n) is 3.39. The highest BCUT2D eigenvalue weighted by atomic mass is 16.7. The first-order chi connectivity index (χ1) is 8.72. The van der Waals surface area contributed by atoms with E-state index in [1.165, 1.54) is 13.8 Å². The summed E-state index contributed by atoms with van der Waals surface area (Å²) in [5.41, 5.74) is -0.677. The van der Waals surface area contributed by atoms with Crippen LogP contribution in [0.25, 0.3) is 0 Å². The van der Waals surface area contributed by atoms with Crippen LogP contribution in [0, 0.1) is 5.41 Å². The number of carboxylic acids is 2. The molecule has 2 N–H and O–H groups in total. The van der Waals surface area contributed by atoms with Gasteiger partial charge in [-0.05, 0) is 0 Å². The summed E-state index contributed by atoms with van der Waals surface area (Å²) in [7, 11) is 0. The Kier molecular flexibility index (Phi) is 3.29. The molecule has 8 nitrogen and oxygen atoms in total. The van der Waals surface area contributed by atoms with Gasteiger partial charge in [0.1, 0.15) is 0 Å². The predicted molar refractivity (Wildman–Crippen MR) is 58.3 cm³/mol. The summed E-state index contributed by atoms with van der Waals surface area (Å²) in [4.78, 5) is 21.9. The lowest BCUT2D eigenvalue weighted by molar-refractivity contribution is -0.347. The number of hydrogen-bond acceptors (Lipinski definition) is 6. The summed E-state index contributed by atoms with van der Waals surface area (Å²) in [6.07, 6.45) is 0. The molecule has 8 heteroatoms. The van der Waals surface area contributed by atoms with Crippen LogP contribution in [0.2, 0.25) is 0 Å². The first-order valence-electron chi connectivity index (χ1n) is 5.74. The zero-order valence-electron chi connectivity index (χ0n) is 10.7. The molecule has 0 bridgehead atoms. The van der Waals surface area contributed by atoms with Crippen molar-refractivity contribution in [3.63, 3.8) is 0 Å². The summed E-state index contributed by atoms with van der Waals surface area (Å²) in [5.74, 6) is -5.79. The minimum atomic E-state index is -1.68. The smallest absolute Gasteiger partial charge is 0.364 e. The molecule has 2 heterocycles. The topological polar surface area (TPSA) is 112 Å². The fourth-order valence-electron chi connectivity index (χ4n) is 1.74. The molecule has 0 radical (unpaired) electrons. The molecule has 0 aromatic carbocycles. The number of carboxylic acid groups (broad SMARTS) is 2. The molecular weight excluding hydrogens is 260 g/mol. The molecule has 0 unspecified atom stereocenters. The molecule has 1 spiro atoms. The molecule has 19 heavy (non-hydrogen) atoms. The van der Waals surface area contributed by atoms with Gasteiger partial charge in [0, 0.05) is 13.8 Å². The fraction of sp³-hybridized carbons (Fsp3) is 0.818. The van der Waals surface area contributed by atoms with Crippen molar-refractivity contribution in [2.75, 3.05) is 26.4 Å². The van der Waals surface area contributed by atoms with Gasteiger partial charge in [0.2, 0.25) is 0 Å². The van der Waals surface area contributed by atoms with Gasteiger partial charge < -0.3 is 29.2 Å². The molecule has 0 aromatic rings. The molecule has 2 rings (SSSR count). The lowest BCUT2D eigenvalue weighted by atomic mass is 9.89. The van der Waals surface area contributed by atoms with Gasteiger partial charge >= 0.3 is 11.9 Å². The van der Waals surface area contributed by atoms with E-state index < -0.39 is 28.9 Å². The Balaban J connectivity index is 1.99. The number of aliphatic carboxylic acids is 2. The number of rotatable bonds is 2. The summed E-state index contributed by atoms with van der Waals surface area (Å²) < 4.78 is 20.9. The molecule has 0 aliphatic carbocycles. The van der Waals surface area contributed by atoms with Gasteiger partial charge in [-0.2, -0.15) is 0 Å². The van der Waals surface area contributed by atoms with Gasteiger partial charge in [-0.15, -0.1) is 0 Å².